The molecule has 0 heterocycles. The first-order valence-corrected chi connectivity index (χ1v) is 11.1. The highest BCUT2D eigenvalue weighted by Crippen LogP contribution is 2.24. The lowest BCUT2D eigenvalue weighted by atomic mass is 10.1. The van der Waals surface area contributed by atoms with E-state index in [9.17, 15) is 18.4 Å². The van der Waals surface area contributed by atoms with Crippen LogP contribution in [0.4, 0.5) is 8.78 Å². The third kappa shape index (κ3) is 6.71. The molecule has 1 N–H and O–H groups in total. The van der Waals surface area contributed by atoms with Gasteiger partial charge in [0.15, 0.2) is 0 Å². The van der Waals surface area contributed by atoms with Gasteiger partial charge >= 0.3 is 0 Å². The number of thioether (sulfide) groups is 1. The summed E-state index contributed by atoms with van der Waals surface area (Å²) in [4.78, 5) is 26.8. The number of amides is 2. The quantitative estimate of drug-likeness (QED) is 0.592. The van der Waals surface area contributed by atoms with Gasteiger partial charge in [-0.15, -0.1) is 11.8 Å². The van der Waals surface area contributed by atoms with Crippen molar-refractivity contribution >= 4 is 35.2 Å². The Hall–Kier alpha value is -2.12. The van der Waals surface area contributed by atoms with Gasteiger partial charge in [0.1, 0.15) is 17.7 Å². The van der Waals surface area contributed by atoms with Gasteiger partial charge in [-0.1, -0.05) is 35.9 Å². The zero-order valence-corrected chi connectivity index (χ0v) is 18.7. The van der Waals surface area contributed by atoms with Gasteiger partial charge in [0.2, 0.25) is 11.8 Å². The monoisotopic (exact) mass is 454 g/mol. The summed E-state index contributed by atoms with van der Waals surface area (Å²) in [5, 5.41) is 3.07. The summed E-state index contributed by atoms with van der Waals surface area (Å²) >= 11 is 7.22. The van der Waals surface area contributed by atoms with Gasteiger partial charge in [-0.05, 0) is 39.0 Å². The van der Waals surface area contributed by atoms with Crippen LogP contribution in [0.2, 0.25) is 5.02 Å². The van der Waals surface area contributed by atoms with E-state index in [0.717, 1.165) is 0 Å². The molecule has 0 saturated carbocycles. The Morgan fingerprint density at radius 2 is 1.73 bits per heavy atom. The van der Waals surface area contributed by atoms with Crippen molar-refractivity contribution in [2.45, 2.75) is 45.2 Å². The van der Waals surface area contributed by atoms with E-state index in [0.29, 0.717) is 16.1 Å². The second-order valence-electron chi connectivity index (χ2n) is 7.15. The van der Waals surface area contributed by atoms with Crippen LogP contribution in [0.15, 0.2) is 42.5 Å². The lowest BCUT2D eigenvalue weighted by Gasteiger charge is -2.29. The van der Waals surface area contributed by atoms with Gasteiger partial charge in [-0.2, -0.15) is 0 Å². The molecule has 0 aliphatic rings. The number of rotatable bonds is 9. The summed E-state index contributed by atoms with van der Waals surface area (Å²) in [5.41, 5.74) is 0.639. The highest BCUT2D eigenvalue weighted by Gasteiger charge is 2.27. The third-order valence-corrected chi connectivity index (χ3v) is 5.73. The molecule has 0 aromatic heterocycles. The topological polar surface area (TPSA) is 49.4 Å². The molecule has 2 rings (SSSR count). The number of benzene rings is 2. The van der Waals surface area contributed by atoms with E-state index in [1.54, 1.807) is 31.2 Å². The maximum atomic E-state index is 14.2. The van der Waals surface area contributed by atoms with Gasteiger partial charge in [-0.25, -0.2) is 8.78 Å². The minimum atomic E-state index is -0.794. The van der Waals surface area contributed by atoms with Crippen LogP contribution in [-0.2, 0) is 21.9 Å². The maximum Gasteiger partial charge on any atom is 0.242 e. The third-order valence-electron chi connectivity index (χ3n) is 4.43. The summed E-state index contributed by atoms with van der Waals surface area (Å²) in [7, 11) is 0. The summed E-state index contributed by atoms with van der Waals surface area (Å²) in [6.45, 7) is 5.21. The van der Waals surface area contributed by atoms with Crippen LogP contribution in [0.5, 0.6) is 0 Å². The van der Waals surface area contributed by atoms with E-state index in [2.05, 4.69) is 5.32 Å². The number of halogens is 3. The molecule has 0 radical (unpaired) electrons. The Morgan fingerprint density at radius 3 is 2.37 bits per heavy atom. The van der Waals surface area contributed by atoms with Gasteiger partial charge in [-0.3, -0.25) is 9.59 Å². The molecule has 8 heteroatoms. The smallest absolute Gasteiger partial charge is 0.242 e. The van der Waals surface area contributed by atoms with Crippen LogP contribution in [0.1, 0.15) is 31.9 Å². The second kappa shape index (κ2) is 11.3. The molecule has 2 amide bonds. The number of hydrogen-bond acceptors (Lipinski definition) is 3. The van der Waals surface area contributed by atoms with E-state index in [4.69, 9.17) is 11.6 Å². The van der Waals surface area contributed by atoms with Crippen molar-refractivity contribution in [1.29, 1.82) is 0 Å². The Bertz CT molecular complexity index is 875. The standard InChI is InChI=1S/C22H25ClF2N2O2S/c1-14(2)26-22(29)15(3)27(11-16-7-4-5-9-19(16)24)21(28)13-30-12-17-18(23)8-6-10-20(17)25/h4-10,14-15H,11-13H2,1-3H3,(H,26,29)/t15-/m1/s1. The van der Waals surface area contributed by atoms with Gasteiger partial charge in [0.05, 0.1) is 5.75 Å². The van der Waals surface area contributed by atoms with Crippen LogP contribution < -0.4 is 5.32 Å². The summed E-state index contributed by atoms with van der Waals surface area (Å²) in [6.07, 6.45) is 0. The average Bonchev–Trinajstić information content (AvgIpc) is 2.68. The number of nitrogens with zero attached hydrogens (tertiary/aromatic N) is 1. The minimum absolute atomic E-state index is 0.00157. The molecule has 0 saturated heterocycles. The summed E-state index contributed by atoms with van der Waals surface area (Å²) in [6, 6.07) is 9.66. The van der Waals surface area contributed by atoms with Crippen LogP contribution in [0, 0.1) is 11.6 Å². The fourth-order valence-corrected chi connectivity index (χ4v) is 4.04. The predicted molar refractivity (Wildman–Crippen MR) is 117 cm³/mol. The Morgan fingerprint density at radius 1 is 1.07 bits per heavy atom. The Kier molecular flexibility index (Phi) is 9.11. The molecule has 0 bridgehead atoms. The predicted octanol–water partition coefficient (Wildman–Crippen LogP) is 4.79. The zero-order chi connectivity index (χ0) is 22.3. The van der Waals surface area contributed by atoms with Gasteiger partial charge in [0, 0.05) is 34.5 Å². The molecule has 2 aromatic carbocycles. The molecule has 0 spiro atoms. The first kappa shape index (κ1) is 24.2. The second-order valence-corrected chi connectivity index (χ2v) is 8.54. The van der Waals surface area contributed by atoms with E-state index < -0.39 is 17.7 Å². The Balaban J connectivity index is 2.13. The van der Waals surface area contributed by atoms with Crippen LogP contribution in [-0.4, -0.2) is 34.6 Å². The van der Waals surface area contributed by atoms with E-state index >= 15 is 0 Å². The molecular weight excluding hydrogens is 430 g/mol. The summed E-state index contributed by atoms with van der Waals surface area (Å²) < 4.78 is 28.1. The fourth-order valence-electron chi connectivity index (χ4n) is 2.79. The van der Waals surface area contributed by atoms with E-state index in [1.165, 1.54) is 34.9 Å². The number of carbonyl (C=O) groups is 2. The van der Waals surface area contributed by atoms with Crippen molar-refractivity contribution in [2.75, 3.05) is 5.75 Å². The first-order valence-electron chi connectivity index (χ1n) is 9.54. The molecule has 162 valence electrons. The normalized spacial score (nSPS) is 12.0. The summed E-state index contributed by atoms with van der Waals surface area (Å²) in [5.74, 6) is -1.35. The van der Waals surface area contributed by atoms with Crippen molar-refractivity contribution < 1.29 is 18.4 Å². The lowest BCUT2D eigenvalue weighted by Crippen LogP contribution is -2.49. The van der Waals surface area contributed by atoms with Gasteiger partial charge < -0.3 is 10.2 Å². The molecule has 4 nitrogen and oxygen atoms in total. The number of nitrogens with one attached hydrogen (secondary N) is 1. The molecule has 1 atom stereocenters. The Labute approximate surface area is 185 Å². The molecule has 2 aromatic rings. The SMILES string of the molecule is CC(C)NC(=O)[C@@H](C)N(Cc1ccccc1F)C(=O)CSCc1c(F)cccc1Cl. The molecule has 30 heavy (non-hydrogen) atoms. The van der Waals surface area contributed by atoms with Crippen LogP contribution >= 0.6 is 23.4 Å². The lowest BCUT2D eigenvalue weighted by molar-refractivity contribution is -0.138. The zero-order valence-electron chi connectivity index (χ0n) is 17.1. The molecular formula is C22H25ClF2N2O2S. The average molecular weight is 455 g/mol. The minimum Gasteiger partial charge on any atom is -0.352 e. The molecule has 0 unspecified atom stereocenters. The highest BCUT2D eigenvalue weighted by molar-refractivity contribution is 7.99. The molecule has 0 aliphatic heterocycles. The molecule has 0 fully saturated rings. The van der Waals surface area contributed by atoms with Crippen molar-refractivity contribution in [3.63, 3.8) is 0 Å². The fraction of sp³-hybridized carbons (Fsp3) is 0.364. The van der Waals surface area contributed by atoms with E-state index in [1.807, 2.05) is 13.8 Å². The van der Waals surface area contributed by atoms with Crippen LogP contribution in [0.3, 0.4) is 0 Å². The first-order chi connectivity index (χ1) is 14.2. The van der Waals surface area contributed by atoms with Crippen molar-refractivity contribution in [1.82, 2.24) is 10.2 Å². The number of carbonyl (C=O) groups excluding carboxylic acids is 2. The van der Waals surface area contributed by atoms with Crippen molar-refractivity contribution in [3.8, 4) is 0 Å². The van der Waals surface area contributed by atoms with Gasteiger partial charge in [0.25, 0.3) is 0 Å². The number of hydrogen-bond donors (Lipinski definition) is 1. The van der Waals surface area contributed by atoms with Crippen molar-refractivity contribution in [3.05, 3.63) is 70.2 Å². The molecule has 0 aliphatic carbocycles. The highest BCUT2D eigenvalue weighted by atomic mass is 35.5. The van der Waals surface area contributed by atoms with Crippen molar-refractivity contribution in [2.24, 2.45) is 0 Å². The van der Waals surface area contributed by atoms with Crippen LogP contribution in [0.25, 0.3) is 0 Å². The largest absolute Gasteiger partial charge is 0.352 e. The van der Waals surface area contributed by atoms with E-state index in [-0.39, 0.29) is 35.9 Å². The maximum absolute atomic E-state index is 14.2.